The van der Waals surface area contributed by atoms with Crippen molar-refractivity contribution in [3.8, 4) is 33.4 Å². The lowest BCUT2D eigenvalue weighted by molar-refractivity contribution is 0.590. The van der Waals surface area contributed by atoms with Crippen molar-refractivity contribution >= 4 is 38.6 Å². The minimum atomic E-state index is 0.157. The molecule has 0 amide bonds. The van der Waals surface area contributed by atoms with Gasteiger partial charge in [-0.15, -0.1) is 0 Å². The molecule has 1 aliphatic carbocycles. The molecule has 1 nitrogen and oxygen atoms in total. The summed E-state index contributed by atoms with van der Waals surface area (Å²) in [7, 11) is 0. The molecule has 0 atom stereocenters. The molecule has 0 spiro atoms. The number of hydrogen-bond acceptors (Lipinski definition) is 1. The van der Waals surface area contributed by atoms with Gasteiger partial charge >= 0.3 is 0 Å². The minimum absolute atomic E-state index is 0.157. The first-order valence-corrected chi connectivity index (χ1v) is 16.3. The predicted octanol–water partition coefficient (Wildman–Crippen LogP) is 13.0. The normalized spacial score (nSPS) is 12.1. The standard InChI is InChI=1S/C45H39N/c1-28-11-19-38(21-30(28)3)46(44-10-8-7-9-29(44)2)39-20-16-34-25-41-42-26-35-22-32(31-14-17-37(18-15-31)45(4,5)6)12-13-33(35)24-40(42)43(41)27-36(34)23-39/h7-27H,1-6H3. The molecule has 0 aromatic heterocycles. The Labute approximate surface area is 272 Å². The summed E-state index contributed by atoms with van der Waals surface area (Å²) in [6.07, 6.45) is 0. The highest BCUT2D eigenvalue weighted by molar-refractivity contribution is 6.12. The molecule has 224 valence electrons. The fraction of sp³-hybridized carbons (Fsp3) is 0.156. The number of aryl methyl sites for hydroxylation is 3. The molecule has 0 heterocycles. The van der Waals surface area contributed by atoms with E-state index in [-0.39, 0.29) is 5.41 Å². The van der Waals surface area contributed by atoms with Gasteiger partial charge in [0.1, 0.15) is 0 Å². The highest BCUT2D eigenvalue weighted by atomic mass is 15.1. The van der Waals surface area contributed by atoms with Crippen LogP contribution in [0.2, 0.25) is 0 Å². The Balaban J connectivity index is 1.18. The van der Waals surface area contributed by atoms with Crippen LogP contribution in [0.5, 0.6) is 0 Å². The van der Waals surface area contributed by atoms with Crippen LogP contribution >= 0.6 is 0 Å². The summed E-state index contributed by atoms with van der Waals surface area (Å²) in [5, 5.41) is 5.11. The van der Waals surface area contributed by atoms with Crippen LogP contribution in [0, 0.1) is 20.8 Å². The molecular formula is C45H39N. The summed E-state index contributed by atoms with van der Waals surface area (Å²) >= 11 is 0. The maximum atomic E-state index is 2.40. The Kier molecular flexibility index (Phi) is 6.44. The van der Waals surface area contributed by atoms with Gasteiger partial charge in [-0.3, -0.25) is 0 Å². The van der Waals surface area contributed by atoms with Gasteiger partial charge in [0.2, 0.25) is 0 Å². The number of anilines is 3. The first-order valence-electron chi connectivity index (χ1n) is 16.3. The smallest absolute Gasteiger partial charge is 0.0490 e. The summed E-state index contributed by atoms with van der Waals surface area (Å²) in [4.78, 5) is 2.40. The van der Waals surface area contributed by atoms with Gasteiger partial charge in [0.15, 0.2) is 0 Å². The van der Waals surface area contributed by atoms with Crippen molar-refractivity contribution in [1.29, 1.82) is 0 Å². The summed E-state index contributed by atoms with van der Waals surface area (Å²) in [5.74, 6) is 0. The van der Waals surface area contributed by atoms with Crippen LogP contribution in [0.25, 0.3) is 54.9 Å². The van der Waals surface area contributed by atoms with Crippen molar-refractivity contribution in [2.45, 2.75) is 47.0 Å². The molecule has 46 heavy (non-hydrogen) atoms. The quantitative estimate of drug-likeness (QED) is 0.196. The fourth-order valence-corrected chi connectivity index (χ4v) is 7.00. The van der Waals surface area contributed by atoms with Crippen molar-refractivity contribution in [2.24, 2.45) is 0 Å². The first kappa shape index (κ1) is 28.3. The Hall–Kier alpha value is -5.14. The van der Waals surface area contributed by atoms with Crippen molar-refractivity contribution in [2.75, 3.05) is 4.90 Å². The van der Waals surface area contributed by atoms with E-state index in [1.54, 1.807) is 0 Å². The Bertz CT molecular complexity index is 2310. The van der Waals surface area contributed by atoms with Crippen molar-refractivity contribution in [3.63, 3.8) is 0 Å². The van der Waals surface area contributed by atoms with Gasteiger partial charge < -0.3 is 4.90 Å². The van der Waals surface area contributed by atoms with E-state index < -0.39 is 0 Å². The lowest BCUT2D eigenvalue weighted by Crippen LogP contribution is -2.11. The minimum Gasteiger partial charge on any atom is -0.310 e. The number of rotatable bonds is 4. The van der Waals surface area contributed by atoms with Crippen LogP contribution in [0.15, 0.2) is 127 Å². The molecule has 1 heteroatoms. The van der Waals surface area contributed by atoms with Crippen molar-refractivity contribution < 1.29 is 0 Å². The van der Waals surface area contributed by atoms with E-state index in [1.165, 1.54) is 94.2 Å². The van der Waals surface area contributed by atoms with Gasteiger partial charge in [-0.2, -0.15) is 0 Å². The van der Waals surface area contributed by atoms with E-state index in [0.717, 1.165) is 0 Å². The zero-order valence-corrected chi connectivity index (χ0v) is 27.6. The predicted molar refractivity (Wildman–Crippen MR) is 199 cm³/mol. The first-order chi connectivity index (χ1) is 22.1. The van der Waals surface area contributed by atoms with Gasteiger partial charge in [-0.1, -0.05) is 87.5 Å². The summed E-state index contributed by atoms with van der Waals surface area (Å²) in [5.41, 5.74) is 16.9. The maximum Gasteiger partial charge on any atom is 0.0490 e. The Morgan fingerprint density at radius 3 is 1.59 bits per heavy atom. The highest BCUT2D eigenvalue weighted by Crippen LogP contribution is 2.51. The zero-order chi connectivity index (χ0) is 31.7. The molecule has 0 saturated heterocycles. The molecule has 0 radical (unpaired) electrons. The zero-order valence-electron chi connectivity index (χ0n) is 27.6. The molecule has 8 rings (SSSR count). The molecule has 0 aliphatic heterocycles. The number of hydrogen-bond donors (Lipinski definition) is 0. The lowest BCUT2D eigenvalue weighted by Gasteiger charge is -2.29. The van der Waals surface area contributed by atoms with Gasteiger partial charge in [0.05, 0.1) is 0 Å². The largest absolute Gasteiger partial charge is 0.310 e. The highest BCUT2D eigenvalue weighted by Gasteiger charge is 2.24. The Morgan fingerprint density at radius 1 is 0.413 bits per heavy atom. The van der Waals surface area contributed by atoms with E-state index >= 15 is 0 Å². The second-order valence-electron chi connectivity index (χ2n) is 14.1. The van der Waals surface area contributed by atoms with Crippen LogP contribution in [-0.2, 0) is 5.41 Å². The molecule has 0 N–H and O–H groups in total. The second-order valence-corrected chi connectivity index (χ2v) is 14.1. The van der Waals surface area contributed by atoms with Crippen LogP contribution in [0.3, 0.4) is 0 Å². The number of para-hydroxylation sites is 1. The van der Waals surface area contributed by atoms with E-state index in [0.29, 0.717) is 0 Å². The second kappa shape index (κ2) is 10.5. The average molecular weight is 594 g/mol. The molecule has 0 fully saturated rings. The summed E-state index contributed by atoms with van der Waals surface area (Å²) in [6.45, 7) is 13.4. The fourth-order valence-electron chi connectivity index (χ4n) is 7.00. The van der Waals surface area contributed by atoms with Crippen LogP contribution in [-0.4, -0.2) is 0 Å². The van der Waals surface area contributed by atoms with E-state index in [9.17, 15) is 0 Å². The summed E-state index contributed by atoms with van der Waals surface area (Å²) in [6, 6.07) is 47.8. The number of fused-ring (bicyclic) bond motifs is 6. The SMILES string of the molecule is Cc1ccc(N(c2ccc3cc4c(cc3c2)-c2cc3ccc(-c5ccc(C(C)(C)C)cc5)cc3cc2-4)c2ccccc2C)cc1C. The van der Waals surface area contributed by atoms with Crippen LogP contribution in [0.4, 0.5) is 17.1 Å². The molecule has 0 bridgehead atoms. The van der Waals surface area contributed by atoms with E-state index in [2.05, 4.69) is 174 Å². The molecule has 0 saturated carbocycles. The number of benzene rings is 7. The monoisotopic (exact) mass is 593 g/mol. The third-order valence-electron chi connectivity index (χ3n) is 9.96. The molecular weight excluding hydrogens is 555 g/mol. The van der Waals surface area contributed by atoms with Crippen molar-refractivity contribution in [1.82, 2.24) is 0 Å². The third kappa shape index (κ3) is 4.70. The Morgan fingerprint density at radius 2 is 0.957 bits per heavy atom. The topological polar surface area (TPSA) is 3.24 Å². The van der Waals surface area contributed by atoms with E-state index in [1.807, 2.05) is 0 Å². The van der Waals surface area contributed by atoms with Crippen molar-refractivity contribution in [3.05, 3.63) is 150 Å². The van der Waals surface area contributed by atoms with Crippen LogP contribution < -0.4 is 4.90 Å². The maximum absolute atomic E-state index is 2.40. The average Bonchev–Trinajstić information content (AvgIpc) is 3.05. The number of nitrogens with zero attached hydrogens (tertiary/aromatic N) is 1. The third-order valence-corrected chi connectivity index (χ3v) is 9.96. The lowest BCUT2D eigenvalue weighted by atomic mass is 9.77. The molecule has 7 aromatic rings. The molecule has 0 unspecified atom stereocenters. The molecule has 7 aromatic carbocycles. The molecule has 1 aliphatic rings. The van der Waals surface area contributed by atoms with Gasteiger partial charge in [0.25, 0.3) is 0 Å². The van der Waals surface area contributed by atoms with Gasteiger partial charge in [0, 0.05) is 17.1 Å². The van der Waals surface area contributed by atoms with Crippen LogP contribution in [0.1, 0.15) is 43.0 Å². The van der Waals surface area contributed by atoms with Gasteiger partial charge in [-0.25, -0.2) is 0 Å². The summed E-state index contributed by atoms with van der Waals surface area (Å²) < 4.78 is 0. The van der Waals surface area contributed by atoms with E-state index in [4.69, 9.17) is 0 Å². The van der Waals surface area contributed by atoms with Gasteiger partial charge in [-0.05, 0) is 164 Å².